The van der Waals surface area contributed by atoms with E-state index in [2.05, 4.69) is 27.0 Å². The van der Waals surface area contributed by atoms with Gasteiger partial charge in [0.15, 0.2) is 11.2 Å². The molecule has 0 saturated heterocycles. The van der Waals surface area contributed by atoms with Crippen molar-refractivity contribution in [2.45, 2.75) is 29.6 Å². The third-order valence-electron chi connectivity index (χ3n) is 7.93. The van der Waals surface area contributed by atoms with Crippen molar-refractivity contribution in [3.05, 3.63) is 92.7 Å². The molecule has 7 heteroatoms. The van der Waals surface area contributed by atoms with Crippen molar-refractivity contribution in [2.24, 2.45) is 11.8 Å². The normalized spacial score (nSPS) is 35.2. The number of nitriles is 1. The first-order valence-electron chi connectivity index (χ1n) is 10.7. The molecule has 2 aliphatic carbocycles. The van der Waals surface area contributed by atoms with E-state index in [4.69, 9.17) is 21.1 Å². The molecule has 1 aliphatic heterocycles. The summed E-state index contributed by atoms with van der Waals surface area (Å²) in [5.41, 5.74) is -0.669. The van der Waals surface area contributed by atoms with E-state index in [1.165, 1.54) is 6.20 Å². The van der Waals surface area contributed by atoms with E-state index in [1.807, 2.05) is 55.5 Å². The van der Waals surface area contributed by atoms with Gasteiger partial charge in [0.25, 0.3) is 0 Å². The van der Waals surface area contributed by atoms with Gasteiger partial charge in [-0.1, -0.05) is 63.9 Å². The Bertz CT molecular complexity index is 1340. The van der Waals surface area contributed by atoms with Crippen LogP contribution in [0.4, 0.5) is 0 Å². The lowest BCUT2D eigenvalue weighted by atomic mass is 9.71. The summed E-state index contributed by atoms with van der Waals surface area (Å²) in [6, 6.07) is 19.9. The van der Waals surface area contributed by atoms with Gasteiger partial charge in [0.2, 0.25) is 0 Å². The summed E-state index contributed by atoms with van der Waals surface area (Å²) in [6.45, 7) is 2.00. The van der Waals surface area contributed by atoms with Gasteiger partial charge < -0.3 is 14.6 Å². The summed E-state index contributed by atoms with van der Waals surface area (Å²) >= 11 is 9.76. The summed E-state index contributed by atoms with van der Waals surface area (Å²) in [4.78, 5) is 4.51. The number of benzene rings is 2. The lowest BCUT2D eigenvalue weighted by molar-refractivity contribution is -0.123. The lowest BCUT2D eigenvalue weighted by Gasteiger charge is -2.40. The van der Waals surface area contributed by atoms with Gasteiger partial charge in [-0.3, -0.25) is 4.98 Å². The van der Waals surface area contributed by atoms with Gasteiger partial charge in [-0.15, -0.1) is 0 Å². The molecule has 1 saturated carbocycles. The molecule has 6 atom stereocenters. The highest BCUT2D eigenvalue weighted by atomic mass is 79.9. The molecule has 1 aromatic heterocycles. The molecule has 3 aliphatic rings. The minimum Gasteiger partial charge on any atom is -0.476 e. The third kappa shape index (κ3) is 2.31. The predicted octanol–water partition coefficient (Wildman–Crippen LogP) is 5.40. The number of aliphatic hydroxyl groups is 1. The Hall–Kier alpha value is -2.43. The van der Waals surface area contributed by atoms with Crippen molar-refractivity contribution < 1.29 is 14.6 Å². The first kappa shape index (κ1) is 21.1. The van der Waals surface area contributed by atoms with Crippen molar-refractivity contribution >= 4 is 27.5 Å². The molecule has 0 spiro atoms. The van der Waals surface area contributed by atoms with E-state index < -0.39 is 22.7 Å². The number of pyridine rings is 1. The molecule has 3 aromatic rings. The molecule has 1 unspecified atom stereocenters. The van der Waals surface area contributed by atoms with Crippen LogP contribution in [0.1, 0.15) is 35.2 Å². The molecule has 33 heavy (non-hydrogen) atoms. The molecule has 6 rings (SSSR count). The van der Waals surface area contributed by atoms with Gasteiger partial charge in [-0.05, 0) is 35.7 Å². The van der Waals surface area contributed by atoms with Crippen LogP contribution in [0.2, 0.25) is 5.02 Å². The molecular formula is C26H20BrClN2O3. The number of nitrogens with zero attached hydrogens (tertiary/aromatic N) is 2. The Morgan fingerprint density at radius 1 is 1.21 bits per heavy atom. The van der Waals surface area contributed by atoms with Crippen molar-refractivity contribution in [1.29, 1.82) is 5.26 Å². The monoisotopic (exact) mass is 522 g/mol. The summed E-state index contributed by atoms with van der Waals surface area (Å²) in [5, 5.41) is 23.6. The van der Waals surface area contributed by atoms with Gasteiger partial charge in [0.05, 0.1) is 22.6 Å². The predicted molar refractivity (Wildman–Crippen MR) is 126 cm³/mol. The molecule has 2 heterocycles. The summed E-state index contributed by atoms with van der Waals surface area (Å²) < 4.78 is 13.8. The minimum atomic E-state index is -1.71. The minimum absolute atomic E-state index is 0.340. The largest absolute Gasteiger partial charge is 0.476 e. The maximum absolute atomic E-state index is 12.6. The maximum atomic E-state index is 12.6. The Morgan fingerprint density at radius 2 is 1.94 bits per heavy atom. The number of methoxy groups -OCH3 is 1. The standard InChI is InChI=1S/C26H20BrClN2O3/c1-24(32-2)18-6-4-3-5-17(18)21-22(24)19(12-29)25(31)23-20(11-16(28)13-30-23)33-26(21,25)14-7-9-15(27)10-8-14/h3-11,13,19,21-22,31H,1-2H3/t19-,21+,22-,24?,25+,26-/m0/s1. The number of aromatic nitrogens is 1. The SMILES string of the molecule is COC1(C)c2ccccc2[C@@H]2[C@@H]1[C@H](C#N)[C@@]1(O)c3ncc(Cl)cc3O[C@@]21c1ccc(Br)cc1. The van der Waals surface area contributed by atoms with Crippen LogP contribution in [0.15, 0.2) is 65.3 Å². The fourth-order valence-electron chi connectivity index (χ4n) is 6.62. The number of fused-ring (bicyclic) bond motifs is 7. The van der Waals surface area contributed by atoms with Gasteiger partial charge in [-0.2, -0.15) is 5.26 Å². The highest BCUT2D eigenvalue weighted by molar-refractivity contribution is 9.10. The van der Waals surface area contributed by atoms with E-state index in [0.29, 0.717) is 16.5 Å². The average Bonchev–Trinajstić information content (AvgIpc) is 3.32. The van der Waals surface area contributed by atoms with Gasteiger partial charge in [0.1, 0.15) is 11.4 Å². The van der Waals surface area contributed by atoms with E-state index in [-0.39, 0.29) is 11.8 Å². The molecule has 0 amide bonds. The molecule has 1 fully saturated rings. The fourth-order valence-corrected chi connectivity index (χ4v) is 7.03. The second-order valence-electron chi connectivity index (χ2n) is 9.12. The van der Waals surface area contributed by atoms with Crippen LogP contribution in [0.5, 0.6) is 5.75 Å². The van der Waals surface area contributed by atoms with Crippen LogP contribution in [0.25, 0.3) is 0 Å². The van der Waals surface area contributed by atoms with Crippen molar-refractivity contribution in [2.75, 3.05) is 7.11 Å². The van der Waals surface area contributed by atoms with Gasteiger partial charge >= 0.3 is 0 Å². The van der Waals surface area contributed by atoms with E-state index in [1.54, 1.807) is 13.2 Å². The Kier molecular flexibility index (Phi) is 4.35. The number of hydrogen-bond acceptors (Lipinski definition) is 5. The second-order valence-corrected chi connectivity index (χ2v) is 10.5. The number of halogens is 2. The zero-order chi connectivity index (χ0) is 23.2. The van der Waals surface area contributed by atoms with E-state index in [0.717, 1.165) is 21.2 Å². The van der Waals surface area contributed by atoms with Crippen LogP contribution >= 0.6 is 27.5 Å². The first-order valence-corrected chi connectivity index (χ1v) is 11.9. The van der Waals surface area contributed by atoms with Crippen LogP contribution in [-0.2, 0) is 21.5 Å². The zero-order valence-electron chi connectivity index (χ0n) is 17.9. The molecule has 0 bridgehead atoms. The summed E-state index contributed by atoms with van der Waals surface area (Å²) in [5.74, 6) is -1.18. The summed E-state index contributed by atoms with van der Waals surface area (Å²) in [6.07, 6.45) is 1.49. The number of rotatable bonds is 2. The molecule has 166 valence electrons. The first-order chi connectivity index (χ1) is 15.8. The number of hydrogen-bond donors (Lipinski definition) is 1. The number of ether oxygens (including phenoxy) is 2. The molecule has 1 N–H and O–H groups in total. The Labute approximate surface area is 205 Å². The molecule has 2 aromatic carbocycles. The molecule has 5 nitrogen and oxygen atoms in total. The zero-order valence-corrected chi connectivity index (χ0v) is 20.3. The van der Waals surface area contributed by atoms with Crippen LogP contribution in [0.3, 0.4) is 0 Å². The Morgan fingerprint density at radius 3 is 2.64 bits per heavy atom. The van der Waals surface area contributed by atoms with Crippen LogP contribution in [0, 0.1) is 23.2 Å². The quantitative estimate of drug-likeness (QED) is 0.487. The smallest absolute Gasteiger partial charge is 0.177 e. The lowest BCUT2D eigenvalue weighted by Crippen LogP contribution is -2.50. The highest BCUT2D eigenvalue weighted by Gasteiger charge is 2.81. The van der Waals surface area contributed by atoms with Crippen LogP contribution in [-0.4, -0.2) is 17.2 Å². The fraction of sp³-hybridized carbons (Fsp3) is 0.308. The van der Waals surface area contributed by atoms with Gasteiger partial charge in [-0.25, -0.2) is 0 Å². The maximum Gasteiger partial charge on any atom is 0.177 e. The van der Waals surface area contributed by atoms with E-state index in [9.17, 15) is 10.4 Å². The van der Waals surface area contributed by atoms with Crippen molar-refractivity contribution in [3.8, 4) is 11.8 Å². The molecule has 0 radical (unpaired) electrons. The topological polar surface area (TPSA) is 75.4 Å². The average molecular weight is 524 g/mol. The van der Waals surface area contributed by atoms with Crippen LogP contribution < -0.4 is 4.74 Å². The third-order valence-corrected chi connectivity index (χ3v) is 8.66. The van der Waals surface area contributed by atoms with E-state index >= 15 is 0 Å². The molecular weight excluding hydrogens is 504 g/mol. The Balaban J connectivity index is 1.74. The highest BCUT2D eigenvalue weighted by Crippen LogP contribution is 2.75. The van der Waals surface area contributed by atoms with Gasteiger partial charge in [0, 0.05) is 35.7 Å². The van der Waals surface area contributed by atoms with Crippen molar-refractivity contribution in [1.82, 2.24) is 4.98 Å². The summed E-state index contributed by atoms with van der Waals surface area (Å²) in [7, 11) is 1.66. The van der Waals surface area contributed by atoms with Crippen molar-refractivity contribution in [3.63, 3.8) is 0 Å². The second kappa shape index (κ2) is 6.80.